The van der Waals surface area contributed by atoms with Gasteiger partial charge in [0.1, 0.15) is 0 Å². The first-order valence-corrected chi connectivity index (χ1v) is 14.6. The lowest BCUT2D eigenvalue weighted by molar-refractivity contribution is -0.279. The zero-order valence-corrected chi connectivity index (χ0v) is 23.6. The van der Waals surface area contributed by atoms with Gasteiger partial charge in [-0.05, 0) is 69.1 Å². The van der Waals surface area contributed by atoms with E-state index >= 15 is 0 Å². The molecule has 1 aliphatic heterocycles. The van der Waals surface area contributed by atoms with Crippen molar-refractivity contribution in [1.29, 1.82) is 0 Å². The number of halogens is 11. The lowest BCUT2D eigenvalue weighted by Crippen LogP contribution is -2.48. The third-order valence-corrected chi connectivity index (χ3v) is 10.2. The second kappa shape index (κ2) is 11.8. The summed E-state index contributed by atoms with van der Waals surface area (Å²) >= 11 is 2.46. The SMILES string of the molecule is Fc1c(F)c(F)c(C2(c3c(F)c(F)c(F)c(F)c3F)OCC(C3CCC(C4CCC(I)CC4)CC3)CO2)c(F)c1F. The summed E-state index contributed by atoms with van der Waals surface area (Å²) in [6, 6.07) is 0. The molecular formula is C28H25F10IO2. The van der Waals surface area contributed by atoms with E-state index in [1.165, 1.54) is 0 Å². The molecular weight excluding hydrogens is 685 g/mol. The van der Waals surface area contributed by atoms with E-state index in [1.807, 2.05) is 0 Å². The topological polar surface area (TPSA) is 18.5 Å². The molecule has 0 aromatic heterocycles. The van der Waals surface area contributed by atoms with Gasteiger partial charge in [0.05, 0.1) is 24.3 Å². The highest BCUT2D eigenvalue weighted by atomic mass is 127. The second-order valence-electron chi connectivity index (χ2n) is 11.1. The highest BCUT2D eigenvalue weighted by Gasteiger charge is 2.53. The fourth-order valence-corrected chi connectivity index (χ4v) is 7.37. The van der Waals surface area contributed by atoms with Gasteiger partial charge in [0, 0.05) is 9.84 Å². The van der Waals surface area contributed by atoms with Crippen LogP contribution in [0.25, 0.3) is 0 Å². The summed E-state index contributed by atoms with van der Waals surface area (Å²) in [7, 11) is 0. The molecule has 0 amide bonds. The molecule has 13 heteroatoms. The van der Waals surface area contributed by atoms with E-state index in [9.17, 15) is 43.9 Å². The number of hydrogen-bond donors (Lipinski definition) is 0. The molecule has 0 bridgehead atoms. The number of hydrogen-bond acceptors (Lipinski definition) is 2. The van der Waals surface area contributed by atoms with E-state index in [4.69, 9.17) is 9.47 Å². The minimum Gasteiger partial charge on any atom is -0.341 e. The van der Waals surface area contributed by atoms with Crippen LogP contribution in [-0.4, -0.2) is 17.1 Å². The Hall–Kier alpha value is -1.61. The summed E-state index contributed by atoms with van der Waals surface area (Å²) in [6.45, 7) is -1.12. The number of ether oxygens (including phenoxy) is 2. The fourth-order valence-electron chi connectivity index (χ4n) is 6.65. The molecule has 2 aromatic rings. The van der Waals surface area contributed by atoms with Gasteiger partial charge in [0.25, 0.3) is 0 Å². The van der Waals surface area contributed by atoms with Gasteiger partial charge in [-0.15, -0.1) is 0 Å². The molecule has 2 saturated carbocycles. The molecule has 0 N–H and O–H groups in total. The highest BCUT2D eigenvalue weighted by molar-refractivity contribution is 14.1. The van der Waals surface area contributed by atoms with Crippen LogP contribution in [0.4, 0.5) is 43.9 Å². The molecule has 0 radical (unpaired) electrons. The van der Waals surface area contributed by atoms with Gasteiger partial charge in [-0.25, -0.2) is 43.9 Å². The van der Waals surface area contributed by atoms with Gasteiger partial charge in [-0.2, -0.15) is 0 Å². The van der Waals surface area contributed by atoms with Crippen molar-refractivity contribution in [3.8, 4) is 0 Å². The van der Waals surface area contributed by atoms with Gasteiger partial charge in [-0.1, -0.05) is 22.6 Å². The average molecular weight is 710 g/mol. The maximum Gasteiger partial charge on any atom is 0.234 e. The van der Waals surface area contributed by atoms with Crippen LogP contribution in [0.3, 0.4) is 0 Å². The van der Waals surface area contributed by atoms with E-state index in [2.05, 4.69) is 22.6 Å². The first kappa shape index (κ1) is 30.8. The molecule has 0 unspecified atom stereocenters. The van der Waals surface area contributed by atoms with Crippen LogP contribution in [0.5, 0.6) is 0 Å². The summed E-state index contributed by atoms with van der Waals surface area (Å²) in [5, 5.41) is 0. The van der Waals surface area contributed by atoms with Crippen molar-refractivity contribution in [3.63, 3.8) is 0 Å². The van der Waals surface area contributed by atoms with Crippen LogP contribution in [0.2, 0.25) is 0 Å². The molecule has 226 valence electrons. The fraction of sp³-hybridized carbons (Fsp3) is 0.571. The molecule has 2 nitrogen and oxygen atoms in total. The van der Waals surface area contributed by atoms with Crippen LogP contribution < -0.4 is 0 Å². The number of rotatable bonds is 4. The zero-order valence-electron chi connectivity index (χ0n) is 21.4. The minimum absolute atomic E-state index is 0.0714. The Kier molecular flexibility index (Phi) is 8.89. The van der Waals surface area contributed by atoms with E-state index in [1.54, 1.807) is 0 Å². The van der Waals surface area contributed by atoms with Crippen LogP contribution in [0, 0.1) is 81.8 Å². The third-order valence-electron chi connectivity index (χ3n) is 8.93. The van der Waals surface area contributed by atoms with Crippen molar-refractivity contribution >= 4 is 22.6 Å². The Morgan fingerprint density at radius 2 is 0.683 bits per heavy atom. The first-order valence-electron chi connectivity index (χ1n) is 13.3. The van der Waals surface area contributed by atoms with Crippen molar-refractivity contribution < 1.29 is 53.4 Å². The molecule has 41 heavy (non-hydrogen) atoms. The Bertz CT molecular complexity index is 1180. The van der Waals surface area contributed by atoms with Gasteiger partial charge in [0.15, 0.2) is 46.5 Å². The van der Waals surface area contributed by atoms with Gasteiger partial charge in [0.2, 0.25) is 17.4 Å². The normalized spacial score (nSPS) is 27.3. The van der Waals surface area contributed by atoms with Gasteiger partial charge in [-0.3, -0.25) is 0 Å². The van der Waals surface area contributed by atoms with Crippen LogP contribution in [0.1, 0.15) is 62.5 Å². The van der Waals surface area contributed by atoms with Gasteiger partial charge < -0.3 is 9.47 Å². The number of alkyl halides is 1. The van der Waals surface area contributed by atoms with Crippen molar-refractivity contribution in [2.24, 2.45) is 23.7 Å². The standard InChI is InChI=1S/C28H25F10IO2/c29-18-16(19(30)23(34)26(37)22(18)33)28(17-20(31)24(35)27(38)25(36)21(17)32)40-9-14(10-41-28)13-3-1-11(2-4-13)12-5-7-15(39)8-6-12/h11-15H,1-10H2. The quantitative estimate of drug-likeness (QED) is 0.104. The van der Waals surface area contributed by atoms with Crippen molar-refractivity contribution in [2.45, 2.75) is 61.1 Å². The second-order valence-corrected chi connectivity index (χ2v) is 12.8. The van der Waals surface area contributed by atoms with Crippen molar-refractivity contribution in [2.75, 3.05) is 13.2 Å². The number of benzene rings is 2. The van der Waals surface area contributed by atoms with Crippen molar-refractivity contribution in [3.05, 3.63) is 69.3 Å². The van der Waals surface area contributed by atoms with E-state index in [-0.39, 0.29) is 5.92 Å². The monoisotopic (exact) mass is 710 g/mol. The maximum absolute atomic E-state index is 15.0. The Labute approximate surface area is 242 Å². The lowest BCUT2D eigenvalue weighted by Gasteiger charge is -2.45. The summed E-state index contributed by atoms with van der Waals surface area (Å²) in [5.74, 6) is -28.7. The maximum atomic E-state index is 15.0. The highest BCUT2D eigenvalue weighted by Crippen LogP contribution is 2.49. The lowest BCUT2D eigenvalue weighted by atomic mass is 9.68. The molecule has 1 saturated heterocycles. The molecule has 0 spiro atoms. The van der Waals surface area contributed by atoms with Crippen LogP contribution >= 0.6 is 22.6 Å². The molecule has 0 atom stereocenters. The summed E-state index contributed by atoms with van der Waals surface area (Å²) < 4.78 is 156. The summed E-state index contributed by atoms with van der Waals surface area (Å²) in [6.07, 6.45) is 7.81. The largest absolute Gasteiger partial charge is 0.341 e. The summed E-state index contributed by atoms with van der Waals surface area (Å²) in [4.78, 5) is 0. The van der Waals surface area contributed by atoms with Crippen LogP contribution in [0.15, 0.2) is 0 Å². The smallest absolute Gasteiger partial charge is 0.234 e. The van der Waals surface area contributed by atoms with Crippen molar-refractivity contribution in [1.82, 2.24) is 0 Å². The molecule has 5 rings (SSSR count). The minimum atomic E-state index is -3.65. The van der Waals surface area contributed by atoms with E-state index in [0.29, 0.717) is 28.6 Å². The molecule has 1 heterocycles. The van der Waals surface area contributed by atoms with Crippen LogP contribution in [-0.2, 0) is 15.3 Å². The van der Waals surface area contributed by atoms with E-state index in [0.717, 1.165) is 38.5 Å². The zero-order chi connectivity index (χ0) is 29.8. The molecule has 3 aliphatic rings. The Balaban J connectivity index is 1.47. The summed E-state index contributed by atoms with van der Waals surface area (Å²) in [5.41, 5.74) is -4.02. The third kappa shape index (κ3) is 5.25. The average Bonchev–Trinajstić information content (AvgIpc) is 2.98. The predicted octanol–water partition coefficient (Wildman–Crippen LogP) is 8.74. The predicted molar refractivity (Wildman–Crippen MR) is 134 cm³/mol. The molecule has 2 aliphatic carbocycles. The Morgan fingerprint density at radius 3 is 1.02 bits per heavy atom. The first-order chi connectivity index (χ1) is 19.4. The Morgan fingerprint density at radius 1 is 0.415 bits per heavy atom. The molecule has 2 aromatic carbocycles. The molecule has 3 fully saturated rings. The van der Waals surface area contributed by atoms with Gasteiger partial charge >= 0.3 is 0 Å². The van der Waals surface area contributed by atoms with E-state index < -0.39 is 94.2 Å².